The van der Waals surface area contributed by atoms with Crippen molar-refractivity contribution in [1.29, 1.82) is 0 Å². The molecule has 1 aliphatic rings. The first kappa shape index (κ1) is 13.5. The average Bonchev–Trinajstić information content (AvgIpc) is 2.23. The molecule has 0 aliphatic carbocycles. The number of rotatable bonds is 4. The number of piperidine rings is 1. The van der Waals surface area contributed by atoms with Crippen LogP contribution >= 0.6 is 0 Å². The maximum absolute atomic E-state index is 11.4. The molecule has 1 heterocycles. The van der Waals surface area contributed by atoms with Gasteiger partial charge in [0.05, 0.1) is 0 Å². The smallest absolute Gasteiger partial charge is 0.222 e. The number of amides is 1. The zero-order chi connectivity index (χ0) is 12.1. The summed E-state index contributed by atoms with van der Waals surface area (Å²) in [5.74, 6) is 0.856. The summed E-state index contributed by atoms with van der Waals surface area (Å²) in [6, 6.07) is 0.304. The standard InChI is InChI=1S/C12H25N3O/c1-10-6-8-15(9-11(10)13)7-4-5-12(16)14(2)3/h10-11H,4-9,13H2,1-3H3. The van der Waals surface area contributed by atoms with E-state index in [1.807, 2.05) is 0 Å². The molecule has 4 nitrogen and oxygen atoms in total. The highest BCUT2D eigenvalue weighted by molar-refractivity contribution is 5.75. The molecule has 4 heteroatoms. The lowest BCUT2D eigenvalue weighted by molar-refractivity contribution is -0.128. The molecule has 0 spiro atoms. The molecule has 1 aliphatic heterocycles. The number of carbonyl (C=O) groups is 1. The summed E-state index contributed by atoms with van der Waals surface area (Å²) >= 11 is 0. The fourth-order valence-corrected chi connectivity index (χ4v) is 2.05. The van der Waals surface area contributed by atoms with Crippen LogP contribution in [0.15, 0.2) is 0 Å². The molecule has 0 aromatic heterocycles. The molecule has 94 valence electrons. The maximum atomic E-state index is 11.4. The van der Waals surface area contributed by atoms with E-state index in [-0.39, 0.29) is 5.91 Å². The van der Waals surface area contributed by atoms with Gasteiger partial charge in [0.15, 0.2) is 0 Å². The van der Waals surface area contributed by atoms with E-state index in [4.69, 9.17) is 5.73 Å². The molecule has 1 rings (SSSR count). The average molecular weight is 227 g/mol. The normalized spacial score (nSPS) is 26.8. The van der Waals surface area contributed by atoms with Crippen LogP contribution in [-0.4, -0.2) is 55.5 Å². The van der Waals surface area contributed by atoms with E-state index in [9.17, 15) is 4.79 Å². The van der Waals surface area contributed by atoms with Gasteiger partial charge >= 0.3 is 0 Å². The number of hydrogen-bond acceptors (Lipinski definition) is 3. The highest BCUT2D eigenvalue weighted by Crippen LogP contribution is 2.15. The van der Waals surface area contributed by atoms with Crippen molar-refractivity contribution in [3.8, 4) is 0 Å². The van der Waals surface area contributed by atoms with Crippen LogP contribution in [0.1, 0.15) is 26.2 Å². The largest absolute Gasteiger partial charge is 0.349 e. The van der Waals surface area contributed by atoms with Gasteiger partial charge in [-0.25, -0.2) is 0 Å². The molecular formula is C12H25N3O. The Balaban J connectivity index is 2.16. The molecule has 2 N–H and O–H groups in total. The minimum absolute atomic E-state index is 0.217. The van der Waals surface area contributed by atoms with E-state index < -0.39 is 0 Å². The van der Waals surface area contributed by atoms with Crippen molar-refractivity contribution in [2.75, 3.05) is 33.7 Å². The van der Waals surface area contributed by atoms with E-state index in [1.165, 1.54) is 6.42 Å². The molecule has 1 fully saturated rings. The fraction of sp³-hybridized carbons (Fsp3) is 0.917. The number of hydrogen-bond donors (Lipinski definition) is 1. The quantitative estimate of drug-likeness (QED) is 0.762. The predicted molar refractivity (Wildman–Crippen MR) is 66.1 cm³/mol. The summed E-state index contributed by atoms with van der Waals surface area (Å²) in [7, 11) is 3.61. The molecule has 0 saturated carbocycles. The maximum Gasteiger partial charge on any atom is 0.222 e. The SMILES string of the molecule is CC1CCN(CCCC(=O)N(C)C)CC1N. The molecule has 0 aromatic carbocycles. The van der Waals surface area contributed by atoms with Gasteiger partial charge in [-0.2, -0.15) is 0 Å². The number of nitrogens with two attached hydrogens (primary N) is 1. The first-order valence-electron chi connectivity index (χ1n) is 6.18. The van der Waals surface area contributed by atoms with E-state index in [2.05, 4.69) is 11.8 Å². The highest BCUT2D eigenvalue weighted by atomic mass is 16.2. The Labute approximate surface area is 98.8 Å². The van der Waals surface area contributed by atoms with Crippen LogP contribution in [-0.2, 0) is 4.79 Å². The van der Waals surface area contributed by atoms with E-state index in [0.717, 1.165) is 26.1 Å². The number of nitrogens with zero attached hydrogens (tertiary/aromatic N) is 2. The summed E-state index contributed by atoms with van der Waals surface area (Å²) in [6.45, 7) is 5.33. The van der Waals surface area contributed by atoms with E-state index in [1.54, 1.807) is 19.0 Å². The van der Waals surface area contributed by atoms with Gasteiger partial charge in [-0.3, -0.25) is 4.79 Å². The Kier molecular flexibility index (Phi) is 5.22. The van der Waals surface area contributed by atoms with Crippen molar-refractivity contribution in [3.05, 3.63) is 0 Å². The zero-order valence-electron chi connectivity index (χ0n) is 10.8. The Morgan fingerprint density at radius 3 is 2.75 bits per heavy atom. The van der Waals surface area contributed by atoms with Crippen LogP contribution < -0.4 is 5.73 Å². The van der Waals surface area contributed by atoms with E-state index >= 15 is 0 Å². The van der Waals surface area contributed by atoms with Gasteiger partial charge in [0.2, 0.25) is 5.91 Å². The van der Waals surface area contributed by atoms with Gasteiger partial charge in [-0.15, -0.1) is 0 Å². The van der Waals surface area contributed by atoms with Crippen molar-refractivity contribution in [3.63, 3.8) is 0 Å². The zero-order valence-corrected chi connectivity index (χ0v) is 10.8. The molecular weight excluding hydrogens is 202 g/mol. The Morgan fingerprint density at radius 1 is 1.50 bits per heavy atom. The monoisotopic (exact) mass is 227 g/mol. The topological polar surface area (TPSA) is 49.6 Å². The number of likely N-dealkylation sites (tertiary alicyclic amines) is 1. The molecule has 2 unspecified atom stereocenters. The second kappa shape index (κ2) is 6.21. The van der Waals surface area contributed by atoms with Crippen LogP contribution in [0.2, 0.25) is 0 Å². The lowest BCUT2D eigenvalue weighted by Gasteiger charge is -2.35. The Morgan fingerprint density at radius 2 is 2.19 bits per heavy atom. The summed E-state index contributed by atoms with van der Waals surface area (Å²) in [6.07, 6.45) is 2.77. The predicted octanol–water partition coefficient (Wildman–Crippen LogP) is 0.524. The van der Waals surface area contributed by atoms with Gasteiger partial charge in [0, 0.05) is 33.1 Å². The molecule has 1 saturated heterocycles. The lowest BCUT2D eigenvalue weighted by atomic mass is 9.94. The highest BCUT2D eigenvalue weighted by Gasteiger charge is 2.22. The second-order valence-corrected chi connectivity index (χ2v) is 5.12. The van der Waals surface area contributed by atoms with Crippen LogP contribution in [0.4, 0.5) is 0 Å². The minimum Gasteiger partial charge on any atom is -0.349 e. The van der Waals surface area contributed by atoms with Crippen LogP contribution in [0, 0.1) is 5.92 Å². The molecule has 16 heavy (non-hydrogen) atoms. The summed E-state index contributed by atoms with van der Waals surface area (Å²) in [5.41, 5.74) is 6.03. The first-order valence-corrected chi connectivity index (χ1v) is 6.18. The Bertz CT molecular complexity index is 230. The molecule has 2 atom stereocenters. The minimum atomic E-state index is 0.217. The summed E-state index contributed by atoms with van der Waals surface area (Å²) in [5, 5.41) is 0. The Hall–Kier alpha value is -0.610. The van der Waals surface area contributed by atoms with E-state index in [0.29, 0.717) is 18.4 Å². The van der Waals surface area contributed by atoms with Gasteiger partial charge in [0.1, 0.15) is 0 Å². The second-order valence-electron chi connectivity index (χ2n) is 5.12. The number of carbonyl (C=O) groups excluding carboxylic acids is 1. The molecule has 0 bridgehead atoms. The third-order valence-corrected chi connectivity index (χ3v) is 3.46. The molecule has 1 amide bonds. The summed E-state index contributed by atoms with van der Waals surface area (Å²) in [4.78, 5) is 15.4. The van der Waals surface area contributed by atoms with Crippen molar-refractivity contribution >= 4 is 5.91 Å². The van der Waals surface area contributed by atoms with Crippen LogP contribution in [0.25, 0.3) is 0 Å². The van der Waals surface area contributed by atoms with Gasteiger partial charge < -0.3 is 15.5 Å². The molecule has 0 aromatic rings. The van der Waals surface area contributed by atoms with Crippen molar-refractivity contribution < 1.29 is 4.79 Å². The van der Waals surface area contributed by atoms with Crippen molar-refractivity contribution in [1.82, 2.24) is 9.80 Å². The molecule has 0 radical (unpaired) electrons. The van der Waals surface area contributed by atoms with Crippen molar-refractivity contribution in [2.45, 2.75) is 32.2 Å². The third-order valence-electron chi connectivity index (χ3n) is 3.46. The van der Waals surface area contributed by atoms with Crippen LogP contribution in [0.3, 0.4) is 0 Å². The third kappa shape index (κ3) is 4.10. The summed E-state index contributed by atoms with van der Waals surface area (Å²) < 4.78 is 0. The van der Waals surface area contributed by atoms with Gasteiger partial charge in [-0.05, 0) is 31.8 Å². The lowest BCUT2D eigenvalue weighted by Crippen LogP contribution is -2.47. The first-order chi connectivity index (χ1) is 7.50. The van der Waals surface area contributed by atoms with Gasteiger partial charge in [0.25, 0.3) is 0 Å². The van der Waals surface area contributed by atoms with Crippen LogP contribution in [0.5, 0.6) is 0 Å². The fourth-order valence-electron chi connectivity index (χ4n) is 2.05. The van der Waals surface area contributed by atoms with Gasteiger partial charge in [-0.1, -0.05) is 6.92 Å². The van der Waals surface area contributed by atoms with Crippen molar-refractivity contribution in [2.24, 2.45) is 11.7 Å².